The van der Waals surface area contributed by atoms with E-state index in [0.717, 1.165) is 13.0 Å². The smallest absolute Gasteiger partial charge is 0.328 e. The average Bonchev–Trinajstić information content (AvgIpc) is 2.84. The van der Waals surface area contributed by atoms with E-state index in [1.165, 1.54) is 27.8 Å². The predicted molar refractivity (Wildman–Crippen MR) is 116 cm³/mol. The summed E-state index contributed by atoms with van der Waals surface area (Å²) in [4.78, 5) is 21.3. The van der Waals surface area contributed by atoms with Gasteiger partial charge in [-0.1, -0.05) is 66.8 Å². The van der Waals surface area contributed by atoms with E-state index in [-0.39, 0.29) is 0 Å². The fraction of sp³-hybridized carbons (Fsp3) is 0.167. The van der Waals surface area contributed by atoms with E-state index >= 15 is 0 Å². The van der Waals surface area contributed by atoms with Crippen molar-refractivity contribution in [1.82, 2.24) is 4.90 Å². The zero-order chi connectivity index (χ0) is 21.2. The first-order valence-electron chi connectivity index (χ1n) is 9.24. The molecule has 0 amide bonds. The van der Waals surface area contributed by atoms with E-state index in [4.69, 9.17) is 10.2 Å². The van der Waals surface area contributed by atoms with Crippen LogP contribution in [0.1, 0.15) is 28.7 Å². The van der Waals surface area contributed by atoms with Gasteiger partial charge in [-0.25, -0.2) is 9.59 Å². The molecular formula is C24H25NO4. The number of carboxylic acids is 2. The summed E-state index contributed by atoms with van der Waals surface area (Å²) in [6, 6.07) is 17.3. The first-order valence-corrected chi connectivity index (χ1v) is 9.24. The molecule has 5 nitrogen and oxygen atoms in total. The van der Waals surface area contributed by atoms with Crippen molar-refractivity contribution in [2.24, 2.45) is 0 Å². The zero-order valence-corrected chi connectivity index (χ0v) is 16.6. The van der Waals surface area contributed by atoms with Crippen LogP contribution in [0.25, 0.3) is 17.7 Å². The molecule has 0 spiro atoms. The van der Waals surface area contributed by atoms with E-state index in [1.54, 1.807) is 0 Å². The van der Waals surface area contributed by atoms with Crippen molar-refractivity contribution in [3.63, 3.8) is 0 Å². The van der Waals surface area contributed by atoms with Crippen molar-refractivity contribution in [1.29, 1.82) is 0 Å². The van der Waals surface area contributed by atoms with Gasteiger partial charge in [0, 0.05) is 18.7 Å². The fourth-order valence-corrected chi connectivity index (χ4v) is 2.93. The van der Waals surface area contributed by atoms with Gasteiger partial charge in [0.05, 0.1) is 0 Å². The summed E-state index contributed by atoms with van der Waals surface area (Å²) in [6.07, 6.45) is 9.00. The first kappa shape index (κ1) is 21.9. The highest BCUT2D eigenvalue weighted by Gasteiger charge is 2.13. The minimum Gasteiger partial charge on any atom is -0.478 e. The van der Waals surface area contributed by atoms with Crippen LogP contribution in [0.2, 0.25) is 0 Å². The monoisotopic (exact) mass is 391 g/mol. The Morgan fingerprint density at radius 1 is 0.828 bits per heavy atom. The lowest BCUT2D eigenvalue weighted by Crippen LogP contribution is -2.12. The van der Waals surface area contributed by atoms with Gasteiger partial charge in [0.2, 0.25) is 0 Å². The van der Waals surface area contributed by atoms with Crippen LogP contribution in [0.5, 0.6) is 0 Å². The summed E-state index contributed by atoms with van der Waals surface area (Å²) in [5.74, 6) is -2.51. The molecule has 2 aromatic rings. The Morgan fingerprint density at radius 3 is 1.69 bits per heavy atom. The molecule has 1 aliphatic rings. The van der Waals surface area contributed by atoms with Crippen molar-refractivity contribution in [2.45, 2.75) is 6.42 Å². The summed E-state index contributed by atoms with van der Waals surface area (Å²) < 4.78 is 0. The molecule has 29 heavy (non-hydrogen) atoms. The maximum atomic E-state index is 9.55. The second-order valence-electron chi connectivity index (χ2n) is 6.73. The van der Waals surface area contributed by atoms with Crippen LogP contribution in [-0.2, 0) is 9.59 Å². The minimum absolute atomic E-state index is 0.558. The fourth-order valence-electron chi connectivity index (χ4n) is 2.93. The Labute approximate surface area is 170 Å². The van der Waals surface area contributed by atoms with Gasteiger partial charge in [-0.15, -0.1) is 0 Å². The van der Waals surface area contributed by atoms with Crippen molar-refractivity contribution in [3.8, 4) is 0 Å². The first-order chi connectivity index (χ1) is 13.9. The third kappa shape index (κ3) is 6.90. The van der Waals surface area contributed by atoms with Crippen molar-refractivity contribution < 1.29 is 19.8 Å². The van der Waals surface area contributed by atoms with Gasteiger partial charge < -0.3 is 15.1 Å². The molecule has 0 aliphatic heterocycles. The molecule has 5 heteroatoms. The highest BCUT2D eigenvalue weighted by Crippen LogP contribution is 2.33. The molecule has 2 N–H and O–H groups in total. The van der Waals surface area contributed by atoms with Gasteiger partial charge in [-0.2, -0.15) is 0 Å². The summed E-state index contributed by atoms with van der Waals surface area (Å²) in [5, 5.41) is 15.6. The Morgan fingerprint density at radius 2 is 1.28 bits per heavy atom. The van der Waals surface area contributed by atoms with Crippen LogP contribution in [0.4, 0.5) is 0 Å². The Hall–Kier alpha value is -3.44. The number of carbonyl (C=O) groups is 2. The van der Waals surface area contributed by atoms with E-state index in [1.807, 2.05) is 0 Å². The molecule has 0 radical (unpaired) electrons. The van der Waals surface area contributed by atoms with Crippen molar-refractivity contribution >= 4 is 29.7 Å². The molecule has 0 bridgehead atoms. The van der Waals surface area contributed by atoms with E-state index in [9.17, 15) is 9.59 Å². The molecule has 0 saturated heterocycles. The van der Waals surface area contributed by atoms with Crippen LogP contribution in [0, 0.1) is 0 Å². The van der Waals surface area contributed by atoms with Gasteiger partial charge in [0.15, 0.2) is 0 Å². The highest BCUT2D eigenvalue weighted by molar-refractivity contribution is 5.93. The lowest BCUT2D eigenvalue weighted by Gasteiger charge is -2.13. The molecule has 150 valence electrons. The van der Waals surface area contributed by atoms with E-state index < -0.39 is 11.9 Å². The van der Waals surface area contributed by atoms with Gasteiger partial charge in [0.25, 0.3) is 0 Å². The van der Waals surface area contributed by atoms with E-state index in [0.29, 0.717) is 12.2 Å². The van der Waals surface area contributed by atoms with E-state index in [2.05, 4.69) is 85.8 Å². The number of carboxylic acid groups (broad SMARTS) is 2. The second-order valence-corrected chi connectivity index (χ2v) is 6.73. The summed E-state index contributed by atoms with van der Waals surface area (Å²) in [7, 11) is 4.24. The molecule has 0 fully saturated rings. The van der Waals surface area contributed by atoms with Gasteiger partial charge in [-0.3, -0.25) is 0 Å². The number of hydrogen-bond donors (Lipinski definition) is 2. The summed E-state index contributed by atoms with van der Waals surface area (Å²) >= 11 is 0. The third-order valence-corrected chi connectivity index (χ3v) is 4.24. The topological polar surface area (TPSA) is 77.8 Å². The summed E-state index contributed by atoms with van der Waals surface area (Å²) in [6.45, 7) is 1.07. The molecule has 3 rings (SSSR count). The molecule has 0 aromatic heterocycles. The normalized spacial score (nSPS) is 11.9. The van der Waals surface area contributed by atoms with Crippen LogP contribution in [0.15, 0.2) is 66.8 Å². The molecule has 0 atom stereocenters. The lowest BCUT2D eigenvalue weighted by molar-refractivity contribution is -0.134. The Balaban J connectivity index is 0.000000321. The molecule has 0 saturated carbocycles. The average molecular weight is 391 g/mol. The maximum Gasteiger partial charge on any atom is 0.328 e. The molecular weight excluding hydrogens is 366 g/mol. The number of fused-ring (bicyclic) bond motifs is 2. The van der Waals surface area contributed by atoms with Gasteiger partial charge in [-0.05, 0) is 48.3 Å². The number of hydrogen-bond acceptors (Lipinski definition) is 3. The zero-order valence-electron chi connectivity index (χ0n) is 16.6. The number of rotatable bonds is 5. The Kier molecular flexibility index (Phi) is 8.12. The second kappa shape index (κ2) is 10.8. The molecule has 2 aromatic carbocycles. The van der Waals surface area contributed by atoms with Crippen LogP contribution >= 0.6 is 0 Å². The molecule has 0 unspecified atom stereocenters. The molecule has 1 aliphatic carbocycles. The van der Waals surface area contributed by atoms with Crippen molar-refractivity contribution in [3.05, 3.63) is 89.0 Å². The van der Waals surface area contributed by atoms with Gasteiger partial charge in [0.1, 0.15) is 0 Å². The van der Waals surface area contributed by atoms with Gasteiger partial charge >= 0.3 is 11.9 Å². The number of aliphatic carboxylic acids is 2. The number of benzene rings is 2. The third-order valence-electron chi connectivity index (χ3n) is 4.24. The maximum absolute atomic E-state index is 9.55. The highest BCUT2D eigenvalue weighted by atomic mass is 16.4. The summed E-state index contributed by atoms with van der Waals surface area (Å²) in [5.41, 5.74) is 6.61. The predicted octanol–water partition coefficient (Wildman–Crippen LogP) is 4.27. The molecule has 0 heterocycles. The quantitative estimate of drug-likeness (QED) is 0.635. The van der Waals surface area contributed by atoms with Crippen molar-refractivity contribution in [2.75, 3.05) is 20.6 Å². The standard InChI is InChI=1S/C20H21N.C4H4O4/c1-21(2)15-7-12-20-18-10-5-3-8-16(18)13-14-17-9-4-6-11-19(17)20;5-3(6)1-2-4(7)8/h3-6,8-14H,7,15H2,1-2H3;1-2H,(H,5,6)(H,7,8). The minimum atomic E-state index is -1.26. The Bertz CT molecular complexity index is 887. The van der Waals surface area contributed by atoms with Crippen LogP contribution in [0.3, 0.4) is 0 Å². The largest absolute Gasteiger partial charge is 0.478 e. The van der Waals surface area contributed by atoms with Crippen LogP contribution < -0.4 is 0 Å². The SMILES string of the molecule is CN(C)CCC=C1c2ccccc2C=Cc2ccccc21.O=C(O)C=CC(=O)O. The van der Waals surface area contributed by atoms with Crippen LogP contribution in [-0.4, -0.2) is 47.7 Å². The number of nitrogens with zero attached hydrogens (tertiary/aromatic N) is 1. The lowest BCUT2D eigenvalue weighted by atomic mass is 9.93.